The maximum Gasteiger partial charge on any atom is 0.143 e. The number of aromatic nitrogens is 2. The van der Waals surface area contributed by atoms with E-state index in [1.165, 1.54) is 0 Å². The fourth-order valence-corrected chi connectivity index (χ4v) is 3.05. The number of hydrogen-bond acceptors (Lipinski definition) is 4. The molecule has 0 saturated heterocycles. The van der Waals surface area contributed by atoms with E-state index in [1.807, 2.05) is 47.2 Å². The monoisotopic (exact) mass is 299 g/mol. The molecule has 5 heteroatoms. The molecule has 1 aromatic heterocycles. The van der Waals surface area contributed by atoms with Crippen LogP contribution in [0.4, 0.5) is 5.69 Å². The Morgan fingerprint density at radius 2 is 2.00 bits per heavy atom. The van der Waals surface area contributed by atoms with E-state index in [2.05, 4.69) is 11.1 Å². The molecule has 0 bridgehead atoms. The molecule has 1 unspecified atom stereocenters. The largest absolute Gasteiger partial charge is 0.399 e. The number of fused-ring (bicyclic) bond motifs is 1. The summed E-state index contributed by atoms with van der Waals surface area (Å²) >= 11 is 1.67. The summed E-state index contributed by atoms with van der Waals surface area (Å²) in [5.74, 6) is 0.622. The molecule has 3 rings (SSSR count). The number of rotatable bonds is 3. The van der Waals surface area contributed by atoms with E-state index in [4.69, 9.17) is 5.73 Å². The zero-order valence-electron chi connectivity index (χ0n) is 11.9. The third kappa shape index (κ3) is 2.39. The second-order valence-electron chi connectivity index (χ2n) is 4.90. The Labute approximate surface area is 127 Å². The first-order chi connectivity index (χ1) is 10.1. The van der Waals surface area contributed by atoms with E-state index in [0.29, 0.717) is 11.5 Å². The molecule has 2 aromatic carbocycles. The second-order valence-corrected chi connectivity index (χ2v) is 5.75. The molecule has 4 nitrogen and oxygen atoms in total. The van der Waals surface area contributed by atoms with Crippen LogP contribution in [0.15, 0.2) is 47.4 Å². The fraction of sp³-hybridized carbons (Fsp3) is 0.188. The smallest absolute Gasteiger partial charge is 0.143 e. The average molecular weight is 299 g/mol. The quantitative estimate of drug-likeness (QED) is 0.575. The molecule has 0 fully saturated rings. The Morgan fingerprint density at radius 1 is 1.24 bits per heavy atom. The van der Waals surface area contributed by atoms with Gasteiger partial charge in [0.1, 0.15) is 11.9 Å². The first kappa shape index (κ1) is 14.0. The van der Waals surface area contributed by atoms with Crippen molar-refractivity contribution in [1.82, 2.24) is 9.55 Å². The van der Waals surface area contributed by atoms with Crippen molar-refractivity contribution in [3.05, 3.63) is 48.3 Å². The number of anilines is 1. The molecule has 1 atom stereocenters. The fourth-order valence-electron chi connectivity index (χ4n) is 2.46. The van der Waals surface area contributed by atoms with Crippen LogP contribution in [-0.4, -0.2) is 20.9 Å². The Hall–Kier alpha value is -1.98. The molecule has 0 radical (unpaired) electrons. The third-order valence-electron chi connectivity index (χ3n) is 3.40. The number of nitrogen functional groups attached to an aromatic ring is 1. The van der Waals surface area contributed by atoms with Crippen LogP contribution in [0.3, 0.4) is 0 Å². The number of imidazole rings is 1. The van der Waals surface area contributed by atoms with Crippen molar-refractivity contribution in [2.24, 2.45) is 0 Å². The van der Waals surface area contributed by atoms with Crippen molar-refractivity contribution < 1.29 is 5.11 Å². The molecular weight excluding hydrogens is 282 g/mol. The molecule has 3 aromatic rings. The summed E-state index contributed by atoms with van der Waals surface area (Å²) in [5, 5.41) is 10.1. The number of nitrogens with two attached hydrogens (primary N) is 1. The van der Waals surface area contributed by atoms with E-state index in [9.17, 15) is 5.11 Å². The third-order valence-corrected chi connectivity index (χ3v) is 4.19. The van der Waals surface area contributed by atoms with Crippen molar-refractivity contribution >= 4 is 28.5 Å². The van der Waals surface area contributed by atoms with Crippen LogP contribution in [0.25, 0.3) is 16.7 Å². The zero-order chi connectivity index (χ0) is 15.0. The topological polar surface area (TPSA) is 64.1 Å². The van der Waals surface area contributed by atoms with Gasteiger partial charge in [-0.3, -0.25) is 4.57 Å². The molecule has 1 heterocycles. The Morgan fingerprint density at radius 3 is 2.71 bits per heavy atom. The lowest BCUT2D eigenvalue weighted by Gasteiger charge is -2.14. The molecule has 0 aliphatic rings. The number of hydrogen-bond donors (Lipinski definition) is 2. The second kappa shape index (κ2) is 5.42. The maximum atomic E-state index is 10.1. The maximum absolute atomic E-state index is 10.1. The van der Waals surface area contributed by atoms with E-state index < -0.39 is 6.10 Å². The molecule has 0 aliphatic carbocycles. The SMILES string of the molecule is CSc1ccccc1-n1c(C(C)O)nc2cc(N)ccc21. The minimum absolute atomic E-state index is 0.622. The van der Waals surface area contributed by atoms with Crippen LogP contribution < -0.4 is 5.73 Å². The number of thioether (sulfide) groups is 1. The Kier molecular flexibility index (Phi) is 3.61. The first-order valence-corrected chi connectivity index (χ1v) is 7.93. The molecular formula is C16H17N3OS. The number of para-hydroxylation sites is 1. The predicted octanol–water partition coefficient (Wildman–Crippen LogP) is 3.38. The van der Waals surface area contributed by atoms with Crippen LogP contribution >= 0.6 is 11.8 Å². The highest BCUT2D eigenvalue weighted by atomic mass is 32.2. The number of aliphatic hydroxyl groups excluding tert-OH is 1. The van der Waals surface area contributed by atoms with Gasteiger partial charge in [-0.05, 0) is 43.5 Å². The number of nitrogens with zero attached hydrogens (tertiary/aromatic N) is 2. The van der Waals surface area contributed by atoms with Gasteiger partial charge < -0.3 is 10.8 Å². The molecule has 0 aliphatic heterocycles. The van der Waals surface area contributed by atoms with Gasteiger partial charge >= 0.3 is 0 Å². The minimum atomic E-state index is -0.659. The highest BCUT2D eigenvalue weighted by Crippen LogP contribution is 2.31. The molecule has 0 spiro atoms. The standard InChI is InChI=1S/C16H17N3OS/c1-10(20)16-18-12-9-11(17)7-8-13(12)19(16)14-5-3-4-6-15(14)21-2/h3-10,20H,17H2,1-2H3. The van der Waals surface area contributed by atoms with E-state index in [-0.39, 0.29) is 0 Å². The van der Waals surface area contributed by atoms with Gasteiger partial charge in [0.05, 0.1) is 16.7 Å². The summed E-state index contributed by atoms with van der Waals surface area (Å²) in [6.07, 6.45) is 1.38. The highest BCUT2D eigenvalue weighted by Gasteiger charge is 2.18. The van der Waals surface area contributed by atoms with Gasteiger partial charge in [0.2, 0.25) is 0 Å². The Balaban J connectivity index is 2.37. The molecule has 3 N–H and O–H groups in total. The van der Waals surface area contributed by atoms with E-state index >= 15 is 0 Å². The molecule has 0 saturated carbocycles. The van der Waals surface area contributed by atoms with Crippen LogP contribution in [-0.2, 0) is 0 Å². The van der Waals surface area contributed by atoms with Gasteiger partial charge in [0, 0.05) is 10.6 Å². The van der Waals surface area contributed by atoms with Crippen LogP contribution in [0.5, 0.6) is 0 Å². The Bertz CT molecular complexity index is 795. The molecule has 21 heavy (non-hydrogen) atoms. The number of aliphatic hydroxyl groups is 1. The first-order valence-electron chi connectivity index (χ1n) is 6.71. The van der Waals surface area contributed by atoms with Crippen LogP contribution in [0, 0.1) is 0 Å². The normalized spacial score (nSPS) is 12.7. The molecule has 0 amide bonds. The lowest BCUT2D eigenvalue weighted by atomic mass is 10.2. The van der Waals surface area contributed by atoms with E-state index in [0.717, 1.165) is 21.6 Å². The van der Waals surface area contributed by atoms with Crippen LogP contribution in [0.2, 0.25) is 0 Å². The van der Waals surface area contributed by atoms with Gasteiger partial charge in [-0.1, -0.05) is 12.1 Å². The molecule has 108 valence electrons. The van der Waals surface area contributed by atoms with Crippen LogP contribution in [0.1, 0.15) is 18.9 Å². The van der Waals surface area contributed by atoms with Crippen molar-refractivity contribution in [3.63, 3.8) is 0 Å². The summed E-state index contributed by atoms with van der Waals surface area (Å²) in [6.45, 7) is 1.72. The predicted molar refractivity (Wildman–Crippen MR) is 87.9 cm³/mol. The van der Waals surface area contributed by atoms with Gasteiger partial charge in [0.15, 0.2) is 0 Å². The van der Waals surface area contributed by atoms with Gasteiger partial charge in [-0.15, -0.1) is 11.8 Å². The highest BCUT2D eigenvalue weighted by molar-refractivity contribution is 7.98. The number of benzene rings is 2. The van der Waals surface area contributed by atoms with Crippen molar-refractivity contribution in [2.75, 3.05) is 12.0 Å². The van der Waals surface area contributed by atoms with Gasteiger partial charge in [0.25, 0.3) is 0 Å². The summed E-state index contributed by atoms with van der Waals surface area (Å²) in [4.78, 5) is 5.68. The summed E-state index contributed by atoms with van der Waals surface area (Å²) in [7, 11) is 0. The van der Waals surface area contributed by atoms with Gasteiger partial charge in [-0.2, -0.15) is 0 Å². The summed E-state index contributed by atoms with van der Waals surface area (Å²) in [5.41, 5.74) is 9.27. The van der Waals surface area contributed by atoms with Crippen molar-refractivity contribution in [3.8, 4) is 5.69 Å². The van der Waals surface area contributed by atoms with Crippen molar-refractivity contribution in [1.29, 1.82) is 0 Å². The van der Waals surface area contributed by atoms with E-state index in [1.54, 1.807) is 18.7 Å². The zero-order valence-corrected chi connectivity index (χ0v) is 12.8. The minimum Gasteiger partial charge on any atom is -0.399 e. The average Bonchev–Trinajstić information content (AvgIpc) is 2.85. The lowest BCUT2D eigenvalue weighted by molar-refractivity contribution is 0.187. The van der Waals surface area contributed by atoms with Gasteiger partial charge in [-0.25, -0.2) is 4.98 Å². The lowest BCUT2D eigenvalue weighted by Crippen LogP contribution is -2.05. The van der Waals surface area contributed by atoms with Crippen molar-refractivity contribution in [2.45, 2.75) is 17.9 Å². The summed E-state index contributed by atoms with van der Waals surface area (Å²) in [6, 6.07) is 13.7. The summed E-state index contributed by atoms with van der Waals surface area (Å²) < 4.78 is 2.01.